The highest BCUT2D eigenvalue weighted by Gasteiger charge is 2.09. The molecule has 0 spiro atoms. The first-order chi connectivity index (χ1) is 7.70. The van der Waals surface area contributed by atoms with E-state index in [4.69, 9.17) is 11.6 Å². The number of halogens is 1. The van der Waals surface area contributed by atoms with Gasteiger partial charge in [0, 0.05) is 22.5 Å². The molecule has 2 aromatic rings. The fraction of sp³-hybridized carbons (Fsp3) is 0.111. The maximum absolute atomic E-state index is 10.8. The fourth-order valence-corrected chi connectivity index (χ4v) is 2.20. The van der Waals surface area contributed by atoms with Gasteiger partial charge in [-0.05, 0) is 40.4 Å². The molecule has 0 saturated carbocycles. The number of aryl methyl sites for hydroxylation is 1. The number of tetrazole rings is 1. The molecule has 0 bridgehead atoms. The summed E-state index contributed by atoms with van der Waals surface area (Å²) in [6, 6.07) is 5.05. The highest BCUT2D eigenvalue weighted by Crippen LogP contribution is 2.29. The maximum atomic E-state index is 10.8. The Bertz CT molecular complexity index is 528. The zero-order valence-electron chi connectivity index (χ0n) is 8.29. The Morgan fingerprint density at radius 2 is 2.31 bits per heavy atom. The number of hydrogen-bond acceptors (Lipinski definition) is 5. The maximum Gasteiger partial charge on any atom is 0.213 e. The third-order valence-corrected chi connectivity index (χ3v) is 3.22. The molecule has 0 saturated heterocycles. The molecular weight excluding hydrogens is 248 g/mol. The van der Waals surface area contributed by atoms with E-state index in [-0.39, 0.29) is 0 Å². The summed E-state index contributed by atoms with van der Waals surface area (Å²) in [5.74, 6) is 0. The van der Waals surface area contributed by atoms with Gasteiger partial charge in [-0.2, -0.15) is 0 Å². The standard InChI is InChI=1S/C9H7ClN4OS/c1-14-9(11-12-13-14)16-8-4-7(10)3-2-6(8)5-15/h2-5H,1H3. The van der Waals surface area contributed by atoms with Crippen LogP contribution in [0.25, 0.3) is 0 Å². The first-order valence-corrected chi connectivity index (χ1v) is 5.55. The average molecular weight is 255 g/mol. The number of hydrogen-bond donors (Lipinski definition) is 0. The van der Waals surface area contributed by atoms with Gasteiger partial charge in [0.25, 0.3) is 0 Å². The lowest BCUT2D eigenvalue weighted by atomic mass is 10.2. The summed E-state index contributed by atoms with van der Waals surface area (Å²) in [5.41, 5.74) is 0.567. The molecule has 0 amide bonds. The summed E-state index contributed by atoms with van der Waals surface area (Å²) < 4.78 is 1.53. The van der Waals surface area contributed by atoms with E-state index in [1.807, 2.05) is 0 Å². The first-order valence-electron chi connectivity index (χ1n) is 4.35. The molecule has 82 valence electrons. The summed E-state index contributed by atoms with van der Waals surface area (Å²) in [6.45, 7) is 0. The van der Waals surface area contributed by atoms with E-state index < -0.39 is 0 Å². The number of aldehydes is 1. The van der Waals surface area contributed by atoms with Gasteiger partial charge in [0.2, 0.25) is 5.16 Å². The van der Waals surface area contributed by atoms with Gasteiger partial charge in [0.15, 0.2) is 6.29 Å². The van der Waals surface area contributed by atoms with Gasteiger partial charge in [0.1, 0.15) is 0 Å². The lowest BCUT2D eigenvalue weighted by Gasteiger charge is -2.03. The lowest BCUT2D eigenvalue weighted by molar-refractivity contribution is 0.112. The van der Waals surface area contributed by atoms with Crippen LogP contribution in [-0.2, 0) is 7.05 Å². The molecule has 0 unspecified atom stereocenters. The molecule has 0 aliphatic heterocycles. The molecule has 0 fully saturated rings. The van der Waals surface area contributed by atoms with Crippen LogP contribution in [0.2, 0.25) is 5.02 Å². The van der Waals surface area contributed by atoms with Crippen molar-refractivity contribution in [1.29, 1.82) is 0 Å². The third-order valence-electron chi connectivity index (χ3n) is 1.89. The van der Waals surface area contributed by atoms with Crippen molar-refractivity contribution in [2.45, 2.75) is 10.1 Å². The lowest BCUT2D eigenvalue weighted by Crippen LogP contribution is -1.94. The Labute approximate surface area is 101 Å². The second kappa shape index (κ2) is 4.63. The van der Waals surface area contributed by atoms with E-state index in [0.717, 1.165) is 11.2 Å². The summed E-state index contributed by atoms with van der Waals surface area (Å²) >= 11 is 7.16. The van der Waals surface area contributed by atoms with E-state index in [1.165, 1.54) is 16.4 Å². The normalized spacial score (nSPS) is 10.4. The minimum atomic E-state index is 0.567. The van der Waals surface area contributed by atoms with Crippen molar-refractivity contribution in [3.05, 3.63) is 28.8 Å². The molecule has 2 rings (SSSR count). The van der Waals surface area contributed by atoms with E-state index in [2.05, 4.69) is 15.5 Å². The first kappa shape index (κ1) is 11.1. The van der Waals surface area contributed by atoms with Crippen molar-refractivity contribution in [3.63, 3.8) is 0 Å². The number of aromatic nitrogens is 4. The van der Waals surface area contributed by atoms with E-state index in [0.29, 0.717) is 15.7 Å². The number of benzene rings is 1. The Morgan fingerprint density at radius 3 is 2.94 bits per heavy atom. The number of rotatable bonds is 3. The van der Waals surface area contributed by atoms with Crippen LogP contribution < -0.4 is 0 Å². The summed E-state index contributed by atoms with van der Waals surface area (Å²) in [4.78, 5) is 11.6. The van der Waals surface area contributed by atoms with Crippen molar-refractivity contribution < 1.29 is 4.79 Å². The molecule has 1 aromatic heterocycles. The highest BCUT2D eigenvalue weighted by molar-refractivity contribution is 7.99. The van der Waals surface area contributed by atoms with Crippen molar-refractivity contribution in [1.82, 2.24) is 20.2 Å². The molecule has 0 radical (unpaired) electrons. The fourth-order valence-electron chi connectivity index (χ4n) is 1.10. The average Bonchev–Trinajstić information content (AvgIpc) is 2.65. The quantitative estimate of drug-likeness (QED) is 0.782. The van der Waals surface area contributed by atoms with Gasteiger partial charge in [-0.1, -0.05) is 11.6 Å². The summed E-state index contributed by atoms with van der Waals surface area (Å²) in [6.07, 6.45) is 0.780. The zero-order valence-corrected chi connectivity index (χ0v) is 9.87. The van der Waals surface area contributed by atoms with Crippen molar-refractivity contribution in [2.75, 3.05) is 0 Å². The second-order valence-electron chi connectivity index (χ2n) is 2.99. The van der Waals surface area contributed by atoms with E-state index in [1.54, 1.807) is 25.2 Å². The van der Waals surface area contributed by atoms with Gasteiger partial charge in [-0.25, -0.2) is 4.68 Å². The molecule has 16 heavy (non-hydrogen) atoms. The smallest absolute Gasteiger partial charge is 0.213 e. The monoisotopic (exact) mass is 254 g/mol. The summed E-state index contributed by atoms with van der Waals surface area (Å²) in [5, 5.41) is 12.2. The third kappa shape index (κ3) is 2.23. The van der Waals surface area contributed by atoms with E-state index in [9.17, 15) is 4.79 Å². The van der Waals surface area contributed by atoms with Crippen LogP contribution in [0.15, 0.2) is 28.3 Å². The van der Waals surface area contributed by atoms with Gasteiger partial charge >= 0.3 is 0 Å². The predicted octanol–water partition coefficient (Wildman–Crippen LogP) is 1.83. The molecule has 0 aliphatic carbocycles. The van der Waals surface area contributed by atoms with Crippen LogP contribution in [0, 0.1) is 0 Å². The Hall–Kier alpha value is -1.40. The topological polar surface area (TPSA) is 60.7 Å². The van der Waals surface area contributed by atoms with Crippen LogP contribution >= 0.6 is 23.4 Å². The van der Waals surface area contributed by atoms with E-state index >= 15 is 0 Å². The Balaban J connectivity index is 2.37. The number of carbonyl (C=O) groups is 1. The molecule has 0 atom stereocenters. The SMILES string of the molecule is Cn1nnnc1Sc1cc(Cl)ccc1C=O. The van der Waals surface area contributed by atoms with Gasteiger partial charge in [-0.3, -0.25) is 4.79 Å². The van der Waals surface area contributed by atoms with Crippen LogP contribution in [0.4, 0.5) is 0 Å². The zero-order chi connectivity index (χ0) is 11.5. The largest absolute Gasteiger partial charge is 0.298 e. The minimum Gasteiger partial charge on any atom is -0.298 e. The Morgan fingerprint density at radius 1 is 1.50 bits per heavy atom. The number of carbonyl (C=O) groups excluding carboxylic acids is 1. The highest BCUT2D eigenvalue weighted by atomic mass is 35.5. The van der Waals surface area contributed by atoms with Gasteiger partial charge in [-0.15, -0.1) is 5.10 Å². The van der Waals surface area contributed by atoms with Crippen molar-refractivity contribution >= 4 is 29.6 Å². The van der Waals surface area contributed by atoms with Crippen LogP contribution in [0.3, 0.4) is 0 Å². The number of nitrogens with zero attached hydrogens (tertiary/aromatic N) is 4. The molecule has 7 heteroatoms. The molecular formula is C9H7ClN4OS. The van der Waals surface area contributed by atoms with Crippen molar-refractivity contribution in [2.24, 2.45) is 7.05 Å². The van der Waals surface area contributed by atoms with Crippen LogP contribution in [0.5, 0.6) is 0 Å². The van der Waals surface area contributed by atoms with Gasteiger partial charge < -0.3 is 0 Å². The summed E-state index contributed by atoms with van der Waals surface area (Å²) in [7, 11) is 1.73. The van der Waals surface area contributed by atoms with Crippen LogP contribution in [0.1, 0.15) is 10.4 Å². The van der Waals surface area contributed by atoms with Gasteiger partial charge in [0.05, 0.1) is 0 Å². The molecule has 5 nitrogen and oxygen atoms in total. The Kier molecular flexibility index (Phi) is 3.21. The van der Waals surface area contributed by atoms with Crippen LogP contribution in [-0.4, -0.2) is 26.5 Å². The molecule has 0 aliphatic rings. The second-order valence-corrected chi connectivity index (χ2v) is 4.43. The molecule has 0 N–H and O–H groups in total. The molecule has 1 heterocycles. The predicted molar refractivity (Wildman–Crippen MR) is 59.8 cm³/mol. The minimum absolute atomic E-state index is 0.567. The molecule has 1 aromatic carbocycles. The van der Waals surface area contributed by atoms with Crippen molar-refractivity contribution in [3.8, 4) is 0 Å².